The Morgan fingerprint density at radius 2 is 1.47 bits per heavy atom. The van der Waals surface area contributed by atoms with Gasteiger partial charge >= 0.3 is 5.63 Å². The van der Waals surface area contributed by atoms with Crippen molar-refractivity contribution in [3.63, 3.8) is 0 Å². The molecular weight excluding hydrogens is 418 g/mol. The second kappa shape index (κ2) is 7.33. The van der Waals surface area contributed by atoms with E-state index in [1.54, 1.807) is 6.07 Å². The maximum absolute atomic E-state index is 13.1. The van der Waals surface area contributed by atoms with Gasteiger partial charge in [0.15, 0.2) is 0 Å². The molecular formula is C28H16ClNO2. The molecule has 0 atom stereocenters. The summed E-state index contributed by atoms with van der Waals surface area (Å²) in [5, 5.41) is 4.61. The SMILES string of the molecule is O=c1oc2ccccc2cc1-c1cc(-c2ccc(Cl)cc2)nc2ccc3ccccc3c12. The fourth-order valence-electron chi connectivity index (χ4n) is 4.24. The van der Waals surface area contributed by atoms with Crippen LogP contribution in [0.5, 0.6) is 0 Å². The largest absolute Gasteiger partial charge is 0.422 e. The third-order valence-electron chi connectivity index (χ3n) is 5.77. The fraction of sp³-hybridized carbons (Fsp3) is 0. The highest BCUT2D eigenvalue weighted by Crippen LogP contribution is 2.36. The van der Waals surface area contributed by atoms with Crippen molar-refractivity contribution in [3.8, 4) is 22.4 Å². The van der Waals surface area contributed by atoms with Gasteiger partial charge in [-0.1, -0.05) is 72.3 Å². The first-order valence-electron chi connectivity index (χ1n) is 10.3. The third-order valence-corrected chi connectivity index (χ3v) is 6.02. The molecule has 152 valence electrons. The third kappa shape index (κ3) is 3.06. The van der Waals surface area contributed by atoms with Crippen LogP contribution in [0, 0.1) is 0 Å². The average molecular weight is 434 g/mol. The second-order valence-corrected chi connectivity index (χ2v) is 8.16. The molecule has 0 saturated carbocycles. The number of aromatic nitrogens is 1. The van der Waals surface area contributed by atoms with Gasteiger partial charge in [-0.25, -0.2) is 9.78 Å². The van der Waals surface area contributed by atoms with Crippen molar-refractivity contribution in [1.29, 1.82) is 0 Å². The molecule has 3 nitrogen and oxygen atoms in total. The molecule has 2 aromatic heterocycles. The van der Waals surface area contributed by atoms with Gasteiger partial charge in [0, 0.05) is 26.9 Å². The summed E-state index contributed by atoms with van der Waals surface area (Å²) in [5.74, 6) is 0. The first-order chi connectivity index (χ1) is 15.7. The van der Waals surface area contributed by atoms with E-state index in [0.717, 1.165) is 43.9 Å². The first kappa shape index (κ1) is 18.8. The number of para-hydroxylation sites is 1. The van der Waals surface area contributed by atoms with Gasteiger partial charge in [-0.05, 0) is 47.2 Å². The van der Waals surface area contributed by atoms with E-state index in [1.807, 2.05) is 72.8 Å². The van der Waals surface area contributed by atoms with Crippen LogP contribution in [0.2, 0.25) is 5.02 Å². The summed E-state index contributed by atoms with van der Waals surface area (Å²) in [6, 6.07) is 31.2. The molecule has 0 spiro atoms. The zero-order valence-corrected chi connectivity index (χ0v) is 17.6. The molecule has 0 aliphatic carbocycles. The summed E-state index contributed by atoms with van der Waals surface area (Å²) >= 11 is 6.09. The molecule has 32 heavy (non-hydrogen) atoms. The molecule has 4 aromatic carbocycles. The Balaban J connectivity index is 1.75. The second-order valence-electron chi connectivity index (χ2n) is 7.73. The highest BCUT2D eigenvalue weighted by molar-refractivity contribution is 6.30. The molecule has 0 unspecified atom stereocenters. The Labute approximate surface area is 188 Å². The van der Waals surface area contributed by atoms with Crippen molar-refractivity contribution < 1.29 is 4.42 Å². The van der Waals surface area contributed by atoms with Crippen molar-refractivity contribution in [2.24, 2.45) is 0 Å². The zero-order chi connectivity index (χ0) is 21.7. The van der Waals surface area contributed by atoms with Gasteiger partial charge in [-0.2, -0.15) is 0 Å². The summed E-state index contributed by atoms with van der Waals surface area (Å²) in [4.78, 5) is 18.0. The van der Waals surface area contributed by atoms with Crippen molar-refractivity contribution in [2.45, 2.75) is 0 Å². The van der Waals surface area contributed by atoms with Gasteiger partial charge in [-0.15, -0.1) is 0 Å². The number of benzene rings is 4. The summed E-state index contributed by atoms with van der Waals surface area (Å²) in [6.07, 6.45) is 0. The van der Waals surface area contributed by atoms with Crippen LogP contribution >= 0.6 is 11.6 Å². The molecule has 0 amide bonds. The monoisotopic (exact) mass is 433 g/mol. The van der Waals surface area contributed by atoms with Crippen LogP contribution in [0.15, 0.2) is 106 Å². The maximum Gasteiger partial charge on any atom is 0.344 e. The van der Waals surface area contributed by atoms with Gasteiger partial charge in [0.05, 0.1) is 16.8 Å². The molecule has 0 fully saturated rings. The molecule has 0 saturated heterocycles. The minimum atomic E-state index is -0.369. The molecule has 4 heteroatoms. The Bertz CT molecular complexity index is 1700. The number of hydrogen-bond acceptors (Lipinski definition) is 3. The Hall–Kier alpha value is -3.95. The first-order valence-corrected chi connectivity index (χ1v) is 10.7. The van der Waals surface area contributed by atoms with E-state index in [9.17, 15) is 4.79 Å². The predicted octanol–water partition coefficient (Wildman–Crippen LogP) is 7.48. The van der Waals surface area contributed by atoms with E-state index in [2.05, 4.69) is 18.2 Å². The molecule has 6 rings (SSSR count). The van der Waals surface area contributed by atoms with Crippen LogP contribution in [0.1, 0.15) is 0 Å². The van der Waals surface area contributed by atoms with Crippen LogP contribution in [-0.2, 0) is 0 Å². The van der Waals surface area contributed by atoms with Crippen molar-refractivity contribution in [1.82, 2.24) is 4.98 Å². The number of nitrogens with zero attached hydrogens (tertiary/aromatic N) is 1. The lowest BCUT2D eigenvalue weighted by Gasteiger charge is -2.13. The number of halogens is 1. The summed E-state index contributed by atoms with van der Waals surface area (Å²) in [7, 11) is 0. The molecule has 0 aliphatic heterocycles. The standard InChI is InChI=1S/C28H16ClNO2/c29-20-12-9-18(10-13-20)25-16-22(23-15-19-6-2-4-8-26(19)32-28(23)31)27-21-7-3-1-5-17(21)11-14-24(27)30-25/h1-16H. The van der Waals surface area contributed by atoms with Gasteiger partial charge in [0.2, 0.25) is 0 Å². The highest BCUT2D eigenvalue weighted by Gasteiger charge is 2.16. The van der Waals surface area contributed by atoms with Gasteiger partial charge in [0.25, 0.3) is 0 Å². The maximum atomic E-state index is 13.1. The highest BCUT2D eigenvalue weighted by atomic mass is 35.5. The molecule has 6 aromatic rings. The summed E-state index contributed by atoms with van der Waals surface area (Å²) in [6.45, 7) is 0. The van der Waals surface area contributed by atoms with Gasteiger partial charge in [-0.3, -0.25) is 0 Å². The van der Waals surface area contributed by atoms with Crippen LogP contribution in [-0.4, -0.2) is 4.98 Å². The van der Waals surface area contributed by atoms with Crippen molar-refractivity contribution >= 4 is 44.2 Å². The number of rotatable bonds is 2. The van der Waals surface area contributed by atoms with E-state index in [4.69, 9.17) is 21.0 Å². The van der Waals surface area contributed by atoms with Crippen molar-refractivity contribution in [2.75, 3.05) is 0 Å². The molecule has 0 radical (unpaired) electrons. The van der Waals surface area contributed by atoms with Crippen molar-refractivity contribution in [3.05, 3.63) is 113 Å². The molecule has 2 heterocycles. The van der Waals surface area contributed by atoms with E-state index >= 15 is 0 Å². The van der Waals surface area contributed by atoms with Gasteiger partial charge in [0.1, 0.15) is 5.58 Å². The van der Waals surface area contributed by atoms with E-state index < -0.39 is 0 Å². The lowest BCUT2D eigenvalue weighted by Crippen LogP contribution is -2.04. The number of hydrogen-bond donors (Lipinski definition) is 0. The molecule has 0 bridgehead atoms. The number of fused-ring (bicyclic) bond motifs is 4. The van der Waals surface area contributed by atoms with Crippen LogP contribution in [0.3, 0.4) is 0 Å². The molecule has 0 aliphatic rings. The summed E-state index contributed by atoms with van der Waals surface area (Å²) < 4.78 is 5.68. The van der Waals surface area contributed by atoms with E-state index in [-0.39, 0.29) is 5.63 Å². The Kier molecular flexibility index (Phi) is 4.30. The van der Waals surface area contributed by atoms with Gasteiger partial charge < -0.3 is 4.42 Å². The van der Waals surface area contributed by atoms with E-state index in [1.165, 1.54) is 0 Å². The Morgan fingerprint density at radius 1 is 0.719 bits per heavy atom. The lowest BCUT2D eigenvalue weighted by atomic mass is 9.95. The predicted molar refractivity (Wildman–Crippen MR) is 131 cm³/mol. The fourth-order valence-corrected chi connectivity index (χ4v) is 4.36. The van der Waals surface area contributed by atoms with Crippen LogP contribution in [0.25, 0.3) is 55.0 Å². The molecule has 0 N–H and O–H groups in total. The minimum absolute atomic E-state index is 0.369. The normalized spacial score (nSPS) is 11.4. The number of pyridine rings is 1. The quantitative estimate of drug-likeness (QED) is 0.210. The minimum Gasteiger partial charge on any atom is -0.422 e. The lowest BCUT2D eigenvalue weighted by molar-refractivity contribution is 0.563. The van der Waals surface area contributed by atoms with Crippen LogP contribution in [0.4, 0.5) is 0 Å². The zero-order valence-electron chi connectivity index (χ0n) is 16.9. The summed E-state index contributed by atoms with van der Waals surface area (Å²) in [5.41, 5.74) is 4.04. The smallest absolute Gasteiger partial charge is 0.344 e. The van der Waals surface area contributed by atoms with Crippen LogP contribution < -0.4 is 5.63 Å². The topological polar surface area (TPSA) is 43.1 Å². The average Bonchev–Trinajstić information content (AvgIpc) is 2.83. The van der Waals surface area contributed by atoms with E-state index in [0.29, 0.717) is 16.2 Å². The Morgan fingerprint density at radius 3 is 2.31 bits per heavy atom.